The molecule has 2 aromatic heterocycles. The van der Waals surface area contributed by atoms with Crippen LogP contribution >= 0.6 is 11.6 Å². The highest BCUT2D eigenvalue weighted by Crippen LogP contribution is 2.20. The lowest BCUT2D eigenvalue weighted by atomic mass is 10.3. The molecule has 0 aliphatic rings. The molecular weight excluding hydrogens is 369 g/mol. The van der Waals surface area contributed by atoms with Crippen LogP contribution in [-0.4, -0.2) is 28.2 Å². The molecule has 0 amide bonds. The van der Waals surface area contributed by atoms with Crippen LogP contribution < -0.4 is 4.72 Å². The van der Waals surface area contributed by atoms with Gasteiger partial charge in [-0.25, -0.2) is 17.5 Å². The van der Waals surface area contributed by atoms with E-state index in [0.29, 0.717) is 17.1 Å². The molecule has 3 rings (SSSR count). The molecule has 7 nitrogen and oxygen atoms in total. The lowest BCUT2D eigenvalue weighted by molar-refractivity contribution is 0.576. The smallest absolute Gasteiger partial charge is 0.240 e. The Kier molecular flexibility index (Phi) is 4.80. The first-order chi connectivity index (χ1) is 11.9. The summed E-state index contributed by atoms with van der Waals surface area (Å²) >= 11 is 5.64. The van der Waals surface area contributed by atoms with Crippen LogP contribution in [0.1, 0.15) is 5.69 Å². The molecule has 10 heteroatoms. The Balaban J connectivity index is 1.79. The third-order valence-electron chi connectivity index (χ3n) is 3.45. The van der Waals surface area contributed by atoms with Gasteiger partial charge in [0, 0.05) is 19.4 Å². The van der Waals surface area contributed by atoms with Crippen LogP contribution in [-0.2, 0) is 23.6 Å². The summed E-state index contributed by atoms with van der Waals surface area (Å²) in [7, 11) is -2.15. The molecule has 0 bridgehead atoms. The molecular formula is C15H13ClFN5O2S. The molecule has 0 fully saturated rings. The van der Waals surface area contributed by atoms with Gasteiger partial charge in [-0.2, -0.15) is 5.10 Å². The second-order valence-electron chi connectivity index (χ2n) is 5.14. The second-order valence-corrected chi connectivity index (χ2v) is 7.31. The van der Waals surface area contributed by atoms with Crippen molar-refractivity contribution in [2.75, 3.05) is 0 Å². The predicted octanol–water partition coefficient (Wildman–Crippen LogP) is 2.15. The minimum Gasteiger partial charge on any atom is -0.271 e. The SMILES string of the molecule is Cn1nc(-c2cnccn2)cc1CNS(=O)(=O)c1ccc(F)c(Cl)c1. The molecule has 0 atom stereocenters. The van der Waals surface area contributed by atoms with Crippen LogP contribution in [0.2, 0.25) is 5.02 Å². The molecule has 130 valence electrons. The minimum absolute atomic E-state index is 0.00108. The van der Waals surface area contributed by atoms with Crippen molar-refractivity contribution in [3.8, 4) is 11.4 Å². The van der Waals surface area contributed by atoms with Crippen molar-refractivity contribution in [3.63, 3.8) is 0 Å². The normalized spacial score (nSPS) is 11.6. The van der Waals surface area contributed by atoms with Gasteiger partial charge in [-0.05, 0) is 24.3 Å². The van der Waals surface area contributed by atoms with Crippen LogP contribution in [0.25, 0.3) is 11.4 Å². The maximum absolute atomic E-state index is 13.2. The Morgan fingerprint density at radius 1 is 1.24 bits per heavy atom. The van der Waals surface area contributed by atoms with Crippen molar-refractivity contribution in [1.82, 2.24) is 24.5 Å². The maximum Gasteiger partial charge on any atom is 0.240 e. The van der Waals surface area contributed by atoms with E-state index in [9.17, 15) is 12.8 Å². The van der Waals surface area contributed by atoms with E-state index in [0.717, 1.165) is 18.2 Å². The molecule has 0 unspecified atom stereocenters. The Hall–Kier alpha value is -2.36. The summed E-state index contributed by atoms with van der Waals surface area (Å²) in [6.07, 6.45) is 4.66. The summed E-state index contributed by atoms with van der Waals surface area (Å²) in [5.41, 5.74) is 1.78. The zero-order valence-corrected chi connectivity index (χ0v) is 14.6. The Bertz CT molecular complexity index is 1010. The third-order valence-corrected chi connectivity index (χ3v) is 5.14. The predicted molar refractivity (Wildman–Crippen MR) is 89.7 cm³/mol. The molecule has 0 aliphatic heterocycles. The van der Waals surface area contributed by atoms with Crippen LogP contribution in [0.4, 0.5) is 4.39 Å². The largest absolute Gasteiger partial charge is 0.271 e. The van der Waals surface area contributed by atoms with Gasteiger partial charge >= 0.3 is 0 Å². The number of hydrogen-bond donors (Lipinski definition) is 1. The van der Waals surface area contributed by atoms with Crippen LogP contribution in [0.3, 0.4) is 0 Å². The first kappa shape index (κ1) is 17.5. The van der Waals surface area contributed by atoms with Crippen molar-refractivity contribution in [2.24, 2.45) is 7.05 Å². The number of rotatable bonds is 5. The van der Waals surface area contributed by atoms with Gasteiger partial charge in [0.05, 0.1) is 28.4 Å². The Labute approximate surface area is 148 Å². The highest BCUT2D eigenvalue weighted by Gasteiger charge is 2.17. The van der Waals surface area contributed by atoms with E-state index in [1.165, 1.54) is 0 Å². The molecule has 0 aliphatic carbocycles. The monoisotopic (exact) mass is 381 g/mol. The van der Waals surface area contributed by atoms with Crippen LogP contribution in [0, 0.1) is 5.82 Å². The number of nitrogens with one attached hydrogen (secondary N) is 1. The zero-order valence-electron chi connectivity index (χ0n) is 13.0. The Morgan fingerprint density at radius 3 is 2.72 bits per heavy atom. The van der Waals surface area contributed by atoms with Gasteiger partial charge in [0.15, 0.2) is 0 Å². The fourth-order valence-electron chi connectivity index (χ4n) is 2.12. The van der Waals surface area contributed by atoms with Gasteiger partial charge in [-0.15, -0.1) is 0 Å². The molecule has 2 heterocycles. The standard InChI is InChI=1S/C15H13ClFN5O2S/c1-22-10(6-14(21-22)15-9-18-4-5-19-15)8-20-25(23,24)11-2-3-13(17)12(16)7-11/h2-7,9,20H,8H2,1H3. The summed E-state index contributed by atoms with van der Waals surface area (Å²) in [4.78, 5) is 8.01. The van der Waals surface area contributed by atoms with Crippen molar-refractivity contribution in [2.45, 2.75) is 11.4 Å². The van der Waals surface area contributed by atoms with Gasteiger partial charge in [-0.1, -0.05) is 11.6 Å². The van der Waals surface area contributed by atoms with E-state index in [1.54, 1.807) is 36.4 Å². The molecule has 1 N–H and O–H groups in total. The number of halogens is 2. The quantitative estimate of drug-likeness (QED) is 0.731. The average Bonchev–Trinajstić information content (AvgIpc) is 2.97. The number of aryl methyl sites for hydroxylation is 1. The van der Waals surface area contributed by atoms with E-state index in [4.69, 9.17) is 11.6 Å². The molecule has 1 aromatic carbocycles. The summed E-state index contributed by atoms with van der Waals surface area (Å²) in [6, 6.07) is 4.93. The minimum atomic E-state index is -3.84. The highest BCUT2D eigenvalue weighted by atomic mass is 35.5. The summed E-state index contributed by atoms with van der Waals surface area (Å²) in [6.45, 7) is 0.00108. The van der Waals surface area contributed by atoms with Gasteiger partial charge in [0.2, 0.25) is 10.0 Å². The van der Waals surface area contributed by atoms with Gasteiger partial charge < -0.3 is 0 Å². The number of aromatic nitrogens is 4. The first-order valence-electron chi connectivity index (χ1n) is 7.11. The number of nitrogens with zero attached hydrogens (tertiary/aromatic N) is 4. The molecule has 0 radical (unpaired) electrons. The first-order valence-corrected chi connectivity index (χ1v) is 8.97. The van der Waals surface area contributed by atoms with Gasteiger partial charge in [0.25, 0.3) is 0 Å². The fraction of sp³-hybridized carbons (Fsp3) is 0.133. The molecule has 0 saturated carbocycles. The van der Waals surface area contributed by atoms with E-state index < -0.39 is 15.8 Å². The topological polar surface area (TPSA) is 89.8 Å². The summed E-state index contributed by atoms with van der Waals surface area (Å²) in [5.74, 6) is -0.680. The lowest BCUT2D eigenvalue weighted by Gasteiger charge is -2.07. The second kappa shape index (κ2) is 6.87. The van der Waals surface area contributed by atoms with Crippen LogP contribution in [0.15, 0.2) is 47.8 Å². The van der Waals surface area contributed by atoms with Gasteiger partial charge in [0.1, 0.15) is 17.2 Å². The Morgan fingerprint density at radius 2 is 2.04 bits per heavy atom. The number of hydrogen-bond acceptors (Lipinski definition) is 5. The van der Waals surface area contributed by atoms with Gasteiger partial charge in [-0.3, -0.25) is 14.6 Å². The van der Waals surface area contributed by atoms with Crippen molar-refractivity contribution in [3.05, 3.63) is 59.4 Å². The van der Waals surface area contributed by atoms with Crippen molar-refractivity contribution >= 4 is 21.6 Å². The maximum atomic E-state index is 13.2. The van der Waals surface area contributed by atoms with E-state index in [1.807, 2.05) is 0 Å². The van der Waals surface area contributed by atoms with Crippen LogP contribution in [0.5, 0.6) is 0 Å². The third kappa shape index (κ3) is 3.84. The lowest BCUT2D eigenvalue weighted by Crippen LogP contribution is -2.24. The van der Waals surface area contributed by atoms with Crippen molar-refractivity contribution in [1.29, 1.82) is 0 Å². The molecule has 25 heavy (non-hydrogen) atoms. The summed E-state index contributed by atoms with van der Waals surface area (Å²) < 4.78 is 41.8. The van der Waals surface area contributed by atoms with E-state index >= 15 is 0 Å². The zero-order chi connectivity index (χ0) is 18.0. The summed E-state index contributed by atoms with van der Waals surface area (Å²) in [5, 5.41) is 4.03. The number of sulfonamides is 1. The highest BCUT2D eigenvalue weighted by molar-refractivity contribution is 7.89. The van der Waals surface area contributed by atoms with E-state index in [-0.39, 0.29) is 16.5 Å². The average molecular weight is 382 g/mol. The van der Waals surface area contributed by atoms with E-state index in [2.05, 4.69) is 19.8 Å². The molecule has 3 aromatic rings. The molecule has 0 spiro atoms. The van der Waals surface area contributed by atoms with Crippen molar-refractivity contribution < 1.29 is 12.8 Å². The number of benzene rings is 1. The fourth-order valence-corrected chi connectivity index (χ4v) is 3.39. The molecule has 0 saturated heterocycles.